The van der Waals surface area contributed by atoms with E-state index in [2.05, 4.69) is 15.9 Å². The minimum atomic E-state index is -0.679. The lowest BCUT2D eigenvalue weighted by molar-refractivity contribution is 0.428. The molecule has 1 aromatic heterocycles. The van der Waals surface area contributed by atoms with E-state index in [0.29, 0.717) is 5.69 Å². The Balaban J connectivity index is 2.82. The average Bonchev–Trinajstić information content (AvgIpc) is 2.26. The zero-order valence-electron chi connectivity index (χ0n) is 9.36. The topological polar surface area (TPSA) is 52.2 Å². The summed E-state index contributed by atoms with van der Waals surface area (Å²) in [6, 6.07) is 7.11. The number of aromatic nitrogens is 1. The van der Waals surface area contributed by atoms with Gasteiger partial charge in [0, 0.05) is 0 Å². The van der Waals surface area contributed by atoms with Gasteiger partial charge in [-0.15, -0.1) is 0 Å². The molecular weight excluding hydrogens is 286 g/mol. The fraction of sp³-hybridized carbons (Fsp3) is 0.167. The van der Waals surface area contributed by atoms with E-state index in [1.54, 1.807) is 25.1 Å². The first-order valence-corrected chi connectivity index (χ1v) is 5.79. The quantitative estimate of drug-likeness (QED) is 0.810. The highest BCUT2D eigenvalue weighted by atomic mass is 79.9. The third-order valence-electron chi connectivity index (χ3n) is 2.38. The van der Waals surface area contributed by atoms with Crippen LogP contribution < -0.4 is 11.3 Å². The fourth-order valence-electron chi connectivity index (χ4n) is 1.54. The predicted molar refractivity (Wildman–Crippen MR) is 67.7 cm³/mol. The normalized spacial score (nSPS) is 10.5. The highest BCUT2D eigenvalue weighted by molar-refractivity contribution is 9.10. The van der Waals surface area contributed by atoms with Crippen molar-refractivity contribution in [3.63, 3.8) is 0 Å². The second kappa shape index (κ2) is 4.33. The molecule has 0 bridgehead atoms. The molecule has 0 aliphatic rings. The summed E-state index contributed by atoms with van der Waals surface area (Å²) < 4.78 is 6.24. The number of aryl methyl sites for hydroxylation is 2. The summed E-state index contributed by atoms with van der Waals surface area (Å²) in [6.07, 6.45) is 0. The van der Waals surface area contributed by atoms with Gasteiger partial charge in [-0.2, -0.15) is 0 Å². The molecule has 17 heavy (non-hydrogen) atoms. The summed E-state index contributed by atoms with van der Waals surface area (Å²) in [5.41, 5.74) is 1.05. The predicted octanol–water partition coefficient (Wildman–Crippen LogP) is 2.17. The number of nitrogens with zero attached hydrogens (tertiary/aromatic N) is 1. The molecule has 0 atom stereocenters. The molecule has 88 valence electrons. The maximum absolute atomic E-state index is 12.0. The molecule has 0 amide bonds. The van der Waals surface area contributed by atoms with Crippen molar-refractivity contribution < 1.29 is 4.42 Å². The molecule has 0 aliphatic heterocycles. The van der Waals surface area contributed by atoms with Crippen LogP contribution in [0.25, 0.3) is 5.69 Å². The minimum absolute atomic E-state index is 0.263. The smallest absolute Gasteiger partial charge is 0.413 e. The van der Waals surface area contributed by atoms with Crippen LogP contribution in [0.1, 0.15) is 11.3 Å². The van der Waals surface area contributed by atoms with Gasteiger partial charge < -0.3 is 4.42 Å². The Kier molecular flexibility index (Phi) is 3.02. The molecule has 0 unspecified atom stereocenters. The molecule has 0 radical (unpaired) electrons. The van der Waals surface area contributed by atoms with Gasteiger partial charge in [0.1, 0.15) is 10.2 Å². The van der Waals surface area contributed by atoms with Crippen molar-refractivity contribution in [3.05, 3.63) is 61.0 Å². The van der Waals surface area contributed by atoms with E-state index in [-0.39, 0.29) is 10.2 Å². The Labute approximate surface area is 106 Å². The Bertz CT molecular complexity index is 685. The van der Waals surface area contributed by atoms with Crippen molar-refractivity contribution in [1.29, 1.82) is 0 Å². The maximum atomic E-state index is 12.0. The van der Waals surface area contributed by atoms with Gasteiger partial charge in [-0.1, -0.05) is 12.1 Å². The third kappa shape index (κ3) is 2.10. The van der Waals surface area contributed by atoms with Crippen LogP contribution in [0.3, 0.4) is 0 Å². The zero-order chi connectivity index (χ0) is 12.6. The van der Waals surface area contributed by atoms with Crippen molar-refractivity contribution in [3.8, 4) is 5.69 Å². The van der Waals surface area contributed by atoms with Gasteiger partial charge in [0.25, 0.3) is 5.56 Å². The molecule has 5 heteroatoms. The van der Waals surface area contributed by atoms with Gasteiger partial charge >= 0.3 is 5.76 Å². The van der Waals surface area contributed by atoms with Gasteiger partial charge in [-0.25, -0.2) is 9.36 Å². The summed E-state index contributed by atoms with van der Waals surface area (Å²) >= 11 is 3.11. The van der Waals surface area contributed by atoms with Crippen LogP contribution in [0.4, 0.5) is 0 Å². The number of halogens is 1. The van der Waals surface area contributed by atoms with Crippen LogP contribution in [-0.4, -0.2) is 4.57 Å². The molecule has 0 spiro atoms. The molecule has 0 aliphatic carbocycles. The molecule has 2 aromatic rings. The summed E-state index contributed by atoms with van der Waals surface area (Å²) in [6.45, 7) is 3.45. The number of hydrogen-bond acceptors (Lipinski definition) is 3. The lowest BCUT2D eigenvalue weighted by Crippen LogP contribution is -2.32. The highest BCUT2D eigenvalue weighted by Gasteiger charge is 2.12. The summed E-state index contributed by atoms with van der Waals surface area (Å²) in [5, 5.41) is 0. The lowest BCUT2D eigenvalue weighted by Gasteiger charge is -2.05. The largest absolute Gasteiger partial charge is 0.426 e. The Morgan fingerprint density at radius 3 is 2.59 bits per heavy atom. The van der Waals surface area contributed by atoms with Gasteiger partial charge in [0.2, 0.25) is 0 Å². The standard InChI is InChI=1S/C12H10BrNO3/c1-7-4-3-5-9(6-7)14-11(15)10(13)8(2)17-12(14)16/h3-6H,1-2H3. The van der Waals surface area contributed by atoms with E-state index in [1.165, 1.54) is 0 Å². The van der Waals surface area contributed by atoms with Crippen LogP contribution in [0.5, 0.6) is 0 Å². The Morgan fingerprint density at radius 1 is 1.24 bits per heavy atom. The molecule has 4 nitrogen and oxygen atoms in total. The van der Waals surface area contributed by atoms with Crippen LogP contribution in [0.15, 0.2) is 42.7 Å². The van der Waals surface area contributed by atoms with Crippen LogP contribution in [0, 0.1) is 13.8 Å². The second-order valence-corrected chi connectivity index (χ2v) is 4.51. The lowest BCUT2D eigenvalue weighted by atomic mass is 10.2. The van der Waals surface area contributed by atoms with Gasteiger partial charge in [0.05, 0.1) is 5.69 Å². The molecular formula is C12H10BrNO3. The molecule has 0 N–H and O–H groups in total. The summed E-state index contributed by atoms with van der Waals surface area (Å²) in [4.78, 5) is 23.7. The fourth-order valence-corrected chi connectivity index (χ4v) is 1.80. The van der Waals surface area contributed by atoms with E-state index >= 15 is 0 Å². The molecule has 2 rings (SSSR count). The number of hydrogen-bond donors (Lipinski definition) is 0. The van der Waals surface area contributed by atoms with Crippen LogP contribution >= 0.6 is 15.9 Å². The van der Waals surface area contributed by atoms with E-state index in [1.807, 2.05) is 13.0 Å². The molecule has 0 fully saturated rings. The summed E-state index contributed by atoms with van der Waals surface area (Å²) in [7, 11) is 0. The second-order valence-electron chi connectivity index (χ2n) is 3.72. The van der Waals surface area contributed by atoms with Crippen molar-refractivity contribution in [2.45, 2.75) is 13.8 Å². The van der Waals surface area contributed by atoms with Crippen molar-refractivity contribution in [2.75, 3.05) is 0 Å². The van der Waals surface area contributed by atoms with Gasteiger partial charge in [-0.05, 0) is 47.5 Å². The zero-order valence-corrected chi connectivity index (χ0v) is 10.9. The number of rotatable bonds is 1. The highest BCUT2D eigenvalue weighted by Crippen LogP contribution is 2.11. The van der Waals surface area contributed by atoms with Crippen molar-refractivity contribution in [2.24, 2.45) is 0 Å². The van der Waals surface area contributed by atoms with E-state index < -0.39 is 11.3 Å². The molecule has 0 saturated heterocycles. The summed E-state index contributed by atoms with van der Waals surface area (Å²) in [5.74, 6) is -0.398. The number of benzene rings is 1. The Morgan fingerprint density at radius 2 is 1.94 bits per heavy atom. The SMILES string of the molecule is Cc1cccc(-n2c(=O)oc(C)c(Br)c2=O)c1. The third-order valence-corrected chi connectivity index (χ3v) is 3.28. The first-order valence-electron chi connectivity index (χ1n) is 5.00. The molecule has 1 heterocycles. The van der Waals surface area contributed by atoms with Crippen molar-refractivity contribution >= 4 is 15.9 Å². The van der Waals surface area contributed by atoms with Crippen molar-refractivity contribution in [1.82, 2.24) is 4.57 Å². The van der Waals surface area contributed by atoms with E-state index in [4.69, 9.17) is 4.42 Å². The van der Waals surface area contributed by atoms with Crippen LogP contribution in [0.2, 0.25) is 0 Å². The average molecular weight is 296 g/mol. The first-order chi connectivity index (χ1) is 8.00. The molecule has 0 saturated carbocycles. The Hall–Kier alpha value is -1.62. The van der Waals surface area contributed by atoms with Gasteiger partial charge in [0.15, 0.2) is 0 Å². The van der Waals surface area contributed by atoms with E-state index in [0.717, 1.165) is 10.1 Å². The van der Waals surface area contributed by atoms with E-state index in [9.17, 15) is 9.59 Å². The van der Waals surface area contributed by atoms with Crippen LogP contribution in [-0.2, 0) is 0 Å². The maximum Gasteiger partial charge on any atom is 0.426 e. The molecule has 1 aromatic carbocycles. The first kappa shape index (κ1) is 11.9. The monoisotopic (exact) mass is 295 g/mol. The van der Waals surface area contributed by atoms with Gasteiger partial charge in [-0.3, -0.25) is 4.79 Å². The minimum Gasteiger partial charge on any atom is -0.413 e.